The van der Waals surface area contributed by atoms with E-state index in [9.17, 15) is 0 Å². The first-order chi connectivity index (χ1) is 15.7. The van der Waals surface area contributed by atoms with Gasteiger partial charge >= 0.3 is 0 Å². The van der Waals surface area contributed by atoms with Crippen LogP contribution in [0.1, 0.15) is 5.56 Å². The van der Waals surface area contributed by atoms with E-state index in [2.05, 4.69) is 80.5 Å². The Morgan fingerprint density at radius 2 is 1.44 bits per heavy atom. The first-order valence-electron chi connectivity index (χ1n) is 11.7. The van der Waals surface area contributed by atoms with Gasteiger partial charge in [0.05, 0.1) is 0 Å². The molecule has 2 aliphatic rings. The van der Waals surface area contributed by atoms with Crippen LogP contribution >= 0.6 is 0 Å². The molecule has 5 rings (SSSR count). The van der Waals surface area contributed by atoms with Crippen LogP contribution in [0.4, 0.5) is 17.6 Å². The standard InChI is InChI=1S/C24H34N8/c1-29-9-13-31(14-10-29)22-17-23(32-15-11-30(2)12-16-32)28-24(27-22)25-8-7-19-18-26-21-6-4-3-5-20(19)21/h3-6,17-18,26H,7-16H2,1-2H3,(H,25,27,28). The zero-order chi connectivity index (χ0) is 21.9. The zero-order valence-corrected chi connectivity index (χ0v) is 19.2. The Balaban J connectivity index is 1.33. The molecule has 2 aromatic heterocycles. The van der Waals surface area contributed by atoms with Crippen LogP contribution in [0.2, 0.25) is 0 Å². The van der Waals surface area contributed by atoms with Gasteiger partial charge in [-0.15, -0.1) is 0 Å². The molecule has 32 heavy (non-hydrogen) atoms. The number of rotatable bonds is 6. The lowest BCUT2D eigenvalue weighted by atomic mass is 10.1. The average molecular weight is 435 g/mol. The van der Waals surface area contributed by atoms with Gasteiger partial charge in [0.15, 0.2) is 0 Å². The van der Waals surface area contributed by atoms with E-state index in [0.717, 1.165) is 82.9 Å². The van der Waals surface area contributed by atoms with Gasteiger partial charge in [0.1, 0.15) is 11.6 Å². The average Bonchev–Trinajstić information content (AvgIpc) is 3.23. The van der Waals surface area contributed by atoms with Crippen molar-refractivity contribution in [1.29, 1.82) is 0 Å². The topological polar surface area (TPSA) is 66.6 Å². The van der Waals surface area contributed by atoms with E-state index in [1.165, 1.54) is 16.5 Å². The van der Waals surface area contributed by atoms with Crippen molar-refractivity contribution in [2.75, 3.05) is 88.1 Å². The number of aromatic amines is 1. The molecule has 0 bridgehead atoms. The predicted octanol–water partition coefficient (Wildman–Crippen LogP) is 2.12. The maximum Gasteiger partial charge on any atom is 0.226 e. The maximum absolute atomic E-state index is 4.91. The monoisotopic (exact) mass is 434 g/mol. The number of likely N-dealkylation sites (N-methyl/N-ethyl adjacent to an activating group) is 2. The summed E-state index contributed by atoms with van der Waals surface area (Å²) in [4.78, 5) is 22.7. The van der Waals surface area contributed by atoms with Gasteiger partial charge < -0.3 is 29.9 Å². The van der Waals surface area contributed by atoms with Crippen molar-refractivity contribution in [3.8, 4) is 0 Å². The van der Waals surface area contributed by atoms with Crippen LogP contribution in [0.25, 0.3) is 10.9 Å². The molecule has 0 atom stereocenters. The SMILES string of the molecule is CN1CCN(c2cc(N3CCN(C)CC3)nc(NCCc3c[nH]c4ccccc34)n2)CC1. The summed E-state index contributed by atoms with van der Waals surface area (Å²) in [6.07, 6.45) is 3.04. The van der Waals surface area contributed by atoms with Crippen molar-refractivity contribution in [3.63, 3.8) is 0 Å². The highest BCUT2D eigenvalue weighted by Crippen LogP contribution is 2.24. The van der Waals surface area contributed by atoms with Crippen LogP contribution in [0, 0.1) is 0 Å². The second-order valence-corrected chi connectivity index (χ2v) is 9.02. The third-order valence-electron chi connectivity index (χ3n) is 6.71. The first-order valence-corrected chi connectivity index (χ1v) is 11.7. The van der Waals surface area contributed by atoms with E-state index >= 15 is 0 Å². The predicted molar refractivity (Wildman–Crippen MR) is 132 cm³/mol. The van der Waals surface area contributed by atoms with E-state index in [-0.39, 0.29) is 0 Å². The normalized spacial score (nSPS) is 18.4. The van der Waals surface area contributed by atoms with Crippen LogP contribution < -0.4 is 15.1 Å². The quantitative estimate of drug-likeness (QED) is 0.616. The fourth-order valence-electron chi connectivity index (χ4n) is 4.54. The maximum atomic E-state index is 4.91. The van der Waals surface area contributed by atoms with Crippen LogP contribution in [0.15, 0.2) is 36.5 Å². The summed E-state index contributed by atoms with van der Waals surface area (Å²) >= 11 is 0. The number of fused-ring (bicyclic) bond motifs is 1. The number of nitrogens with one attached hydrogen (secondary N) is 2. The van der Waals surface area contributed by atoms with Gasteiger partial charge in [-0.1, -0.05) is 18.2 Å². The number of aromatic nitrogens is 3. The third kappa shape index (κ3) is 4.66. The molecule has 8 heteroatoms. The van der Waals surface area contributed by atoms with Crippen molar-refractivity contribution < 1.29 is 0 Å². The van der Waals surface area contributed by atoms with Crippen molar-refractivity contribution in [3.05, 3.63) is 42.1 Å². The molecule has 0 unspecified atom stereocenters. The second-order valence-electron chi connectivity index (χ2n) is 9.02. The highest BCUT2D eigenvalue weighted by molar-refractivity contribution is 5.83. The lowest BCUT2D eigenvalue weighted by Crippen LogP contribution is -2.46. The third-order valence-corrected chi connectivity index (χ3v) is 6.71. The lowest BCUT2D eigenvalue weighted by Gasteiger charge is -2.35. The molecule has 0 amide bonds. The largest absolute Gasteiger partial charge is 0.361 e. The molecular formula is C24H34N8. The van der Waals surface area contributed by atoms with Crippen molar-refractivity contribution >= 4 is 28.5 Å². The van der Waals surface area contributed by atoms with E-state index in [1.54, 1.807) is 0 Å². The minimum absolute atomic E-state index is 0.732. The highest BCUT2D eigenvalue weighted by atomic mass is 15.3. The fourth-order valence-corrected chi connectivity index (χ4v) is 4.54. The summed E-state index contributed by atoms with van der Waals surface area (Å²) in [6.45, 7) is 9.09. The molecule has 0 aliphatic carbocycles. The first kappa shape index (κ1) is 21.0. The molecule has 2 fully saturated rings. The number of nitrogens with zero attached hydrogens (tertiary/aromatic N) is 6. The van der Waals surface area contributed by atoms with Crippen molar-refractivity contribution in [2.24, 2.45) is 0 Å². The zero-order valence-electron chi connectivity index (χ0n) is 19.2. The lowest BCUT2D eigenvalue weighted by molar-refractivity contribution is 0.310. The van der Waals surface area contributed by atoms with E-state index in [4.69, 9.17) is 9.97 Å². The molecule has 170 valence electrons. The molecule has 2 N–H and O–H groups in total. The van der Waals surface area contributed by atoms with Crippen LogP contribution in [0.5, 0.6) is 0 Å². The number of anilines is 3. The van der Waals surface area contributed by atoms with Crippen molar-refractivity contribution in [1.82, 2.24) is 24.8 Å². The molecule has 3 aromatic rings. The fraction of sp³-hybridized carbons (Fsp3) is 0.500. The Bertz CT molecular complexity index is 991. The van der Waals surface area contributed by atoms with Gasteiger partial charge in [-0.2, -0.15) is 9.97 Å². The van der Waals surface area contributed by atoms with E-state index in [0.29, 0.717) is 0 Å². The number of H-pyrrole nitrogens is 1. The van der Waals surface area contributed by atoms with Crippen LogP contribution in [-0.2, 0) is 6.42 Å². The Labute approximate surface area is 190 Å². The molecule has 0 saturated carbocycles. The number of hydrogen-bond donors (Lipinski definition) is 2. The van der Waals surface area contributed by atoms with Gasteiger partial charge in [-0.3, -0.25) is 0 Å². The summed E-state index contributed by atoms with van der Waals surface area (Å²) in [5, 5.41) is 4.81. The van der Waals surface area contributed by atoms with Gasteiger partial charge in [0.2, 0.25) is 5.95 Å². The molecule has 2 saturated heterocycles. The van der Waals surface area contributed by atoms with Gasteiger partial charge in [0, 0.05) is 82.1 Å². The number of benzene rings is 1. The van der Waals surface area contributed by atoms with E-state index in [1.807, 2.05) is 0 Å². The molecule has 8 nitrogen and oxygen atoms in total. The number of piperazine rings is 2. The Hall–Kier alpha value is -2.84. The van der Waals surface area contributed by atoms with Gasteiger partial charge in [-0.05, 0) is 32.1 Å². The van der Waals surface area contributed by atoms with Gasteiger partial charge in [0.25, 0.3) is 0 Å². The summed E-state index contributed by atoms with van der Waals surface area (Å²) in [7, 11) is 4.37. The Kier molecular flexibility index (Phi) is 6.14. The number of para-hydroxylation sites is 1. The second kappa shape index (κ2) is 9.34. The van der Waals surface area contributed by atoms with Crippen LogP contribution in [-0.4, -0.2) is 97.7 Å². The summed E-state index contributed by atoms with van der Waals surface area (Å²) in [6, 6.07) is 10.6. The molecule has 1 aromatic carbocycles. The minimum Gasteiger partial charge on any atom is -0.361 e. The van der Waals surface area contributed by atoms with Gasteiger partial charge in [-0.25, -0.2) is 0 Å². The summed E-state index contributed by atoms with van der Waals surface area (Å²) in [5.41, 5.74) is 2.51. The molecule has 2 aliphatic heterocycles. The smallest absolute Gasteiger partial charge is 0.226 e. The van der Waals surface area contributed by atoms with E-state index < -0.39 is 0 Å². The number of hydrogen-bond acceptors (Lipinski definition) is 7. The van der Waals surface area contributed by atoms with Crippen LogP contribution in [0.3, 0.4) is 0 Å². The molecular weight excluding hydrogens is 400 g/mol. The van der Waals surface area contributed by atoms with Crippen molar-refractivity contribution in [2.45, 2.75) is 6.42 Å². The Morgan fingerprint density at radius 1 is 0.844 bits per heavy atom. The molecule has 4 heterocycles. The Morgan fingerprint density at radius 3 is 2.06 bits per heavy atom. The molecule has 0 spiro atoms. The summed E-state index contributed by atoms with van der Waals surface area (Å²) in [5.74, 6) is 2.81. The molecule has 0 radical (unpaired) electrons. The minimum atomic E-state index is 0.732. The highest BCUT2D eigenvalue weighted by Gasteiger charge is 2.21. The summed E-state index contributed by atoms with van der Waals surface area (Å²) < 4.78 is 0.